The van der Waals surface area contributed by atoms with Crippen LogP contribution in [0.25, 0.3) is 0 Å². The van der Waals surface area contributed by atoms with Crippen LogP contribution in [0, 0.1) is 0 Å². The lowest BCUT2D eigenvalue weighted by Gasteiger charge is -2.12. The van der Waals surface area contributed by atoms with E-state index in [2.05, 4.69) is 5.32 Å². The van der Waals surface area contributed by atoms with Crippen LogP contribution in [0.2, 0.25) is 0 Å². The molecular weight excluding hydrogens is 250 g/mol. The van der Waals surface area contributed by atoms with E-state index in [4.69, 9.17) is 14.8 Å². The minimum Gasteiger partial charge on any atom is -0.506 e. The van der Waals surface area contributed by atoms with Gasteiger partial charge in [-0.1, -0.05) is 0 Å². The van der Waals surface area contributed by atoms with E-state index in [0.717, 1.165) is 18.2 Å². The molecule has 17 heavy (non-hydrogen) atoms. The first kappa shape index (κ1) is 13.7. The summed E-state index contributed by atoms with van der Waals surface area (Å²) in [6.45, 7) is -0.537. The minimum absolute atomic E-state index is 0.0348. The number of aliphatic hydroxyl groups is 2. The van der Waals surface area contributed by atoms with Crippen molar-refractivity contribution in [3.8, 4) is 5.75 Å². The van der Waals surface area contributed by atoms with Crippen molar-refractivity contribution in [2.45, 2.75) is 11.0 Å². The summed E-state index contributed by atoms with van der Waals surface area (Å²) in [5.41, 5.74) is 0.0348. The molecule has 0 amide bonds. The summed E-state index contributed by atoms with van der Waals surface area (Å²) in [5.74, 6) is -0.234. The zero-order valence-corrected chi connectivity index (χ0v) is 9.55. The summed E-state index contributed by atoms with van der Waals surface area (Å²) in [6.07, 6.45) is -1.04. The molecule has 1 aromatic carbocycles. The average Bonchev–Trinajstić information content (AvgIpc) is 2.26. The van der Waals surface area contributed by atoms with Crippen LogP contribution in [0.4, 0.5) is 5.69 Å². The molecule has 0 saturated carbocycles. The number of rotatable bonds is 5. The molecule has 0 aromatic heterocycles. The maximum Gasteiger partial charge on any atom is 0.294 e. The molecule has 1 atom stereocenters. The molecule has 0 heterocycles. The van der Waals surface area contributed by atoms with Gasteiger partial charge in [0.25, 0.3) is 10.1 Å². The zero-order chi connectivity index (χ0) is 13.1. The predicted octanol–water partition coefficient (Wildman–Crippen LogP) is -0.596. The summed E-state index contributed by atoms with van der Waals surface area (Å²) in [4.78, 5) is -0.378. The summed E-state index contributed by atoms with van der Waals surface area (Å²) in [5, 5.41) is 29.6. The van der Waals surface area contributed by atoms with Gasteiger partial charge in [-0.05, 0) is 18.2 Å². The fraction of sp³-hybridized carbons (Fsp3) is 0.333. The molecule has 7 nitrogen and oxygen atoms in total. The van der Waals surface area contributed by atoms with E-state index in [1.54, 1.807) is 0 Å². The first-order valence-corrected chi connectivity index (χ1v) is 6.12. The number of aliphatic hydroxyl groups excluding tert-OH is 2. The molecule has 5 N–H and O–H groups in total. The molecule has 1 aromatic rings. The number of hydrogen-bond donors (Lipinski definition) is 5. The van der Waals surface area contributed by atoms with Crippen LogP contribution in [0.15, 0.2) is 23.1 Å². The Balaban J connectivity index is 2.92. The van der Waals surface area contributed by atoms with Gasteiger partial charge in [0.15, 0.2) is 0 Å². The lowest BCUT2D eigenvalue weighted by Crippen LogP contribution is -2.23. The van der Waals surface area contributed by atoms with Crippen LogP contribution < -0.4 is 5.32 Å². The Bertz CT molecular complexity index is 486. The van der Waals surface area contributed by atoms with Gasteiger partial charge in [0.05, 0.1) is 23.3 Å². The molecular formula is C9H13NO6S. The molecule has 96 valence electrons. The van der Waals surface area contributed by atoms with Gasteiger partial charge in [-0.25, -0.2) is 0 Å². The van der Waals surface area contributed by atoms with Crippen molar-refractivity contribution in [1.82, 2.24) is 0 Å². The molecule has 8 heteroatoms. The van der Waals surface area contributed by atoms with Crippen LogP contribution in [0.5, 0.6) is 5.75 Å². The lowest BCUT2D eigenvalue weighted by atomic mass is 10.2. The molecule has 0 bridgehead atoms. The second-order valence-electron chi connectivity index (χ2n) is 3.37. The average molecular weight is 263 g/mol. The Kier molecular flexibility index (Phi) is 4.29. The number of hydrogen-bond acceptors (Lipinski definition) is 6. The fourth-order valence-corrected chi connectivity index (χ4v) is 1.62. The number of nitrogens with one attached hydrogen (secondary N) is 1. The van der Waals surface area contributed by atoms with Crippen molar-refractivity contribution in [1.29, 1.82) is 0 Å². The zero-order valence-electron chi connectivity index (χ0n) is 8.74. The van der Waals surface area contributed by atoms with Gasteiger partial charge in [-0.3, -0.25) is 4.55 Å². The highest BCUT2D eigenvalue weighted by Gasteiger charge is 2.13. The van der Waals surface area contributed by atoms with Gasteiger partial charge in [-0.15, -0.1) is 0 Å². The smallest absolute Gasteiger partial charge is 0.294 e. The first-order valence-electron chi connectivity index (χ1n) is 4.68. The maximum atomic E-state index is 10.8. The van der Waals surface area contributed by atoms with E-state index in [0.29, 0.717) is 0 Å². The summed E-state index contributed by atoms with van der Waals surface area (Å²) < 4.78 is 30.5. The lowest BCUT2D eigenvalue weighted by molar-refractivity contribution is 0.105. The number of aromatic hydroxyl groups is 1. The van der Waals surface area contributed by atoms with Gasteiger partial charge >= 0.3 is 0 Å². The van der Waals surface area contributed by atoms with Gasteiger partial charge in [0.1, 0.15) is 5.75 Å². The van der Waals surface area contributed by atoms with Crippen molar-refractivity contribution >= 4 is 15.8 Å². The fourth-order valence-electron chi connectivity index (χ4n) is 1.11. The highest BCUT2D eigenvalue weighted by atomic mass is 32.2. The Morgan fingerprint density at radius 1 is 1.35 bits per heavy atom. The summed E-state index contributed by atoms with van der Waals surface area (Å²) in [7, 11) is -4.35. The largest absolute Gasteiger partial charge is 0.506 e. The third-order valence-electron chi connectivity index (χ3n) is 2.00. The molecule has 0 saturated heterocycles. The van der Waals surface area contributed by atoms with Crippen LogP contribution in [0.1, 0.15) is 0 Å². The molecule has 0 aliphatic heterocycles. The van der Waals surface area contributed by atoms with E-state index in [1.165, 1.54) is 0 Å². The molecule has 0 radical (unpaired) electrons. The maximum absolute atomic E-state index is 10.8. The highest BCUT2D eigenvalue weighted by molar-refractivity contribution is 7.85. The Hall–Kier alpha value is -1.35. The Morgan fingerprint density at radius 3 is 2.53 bits per heavy atom. The topological polar surface area (TPSA) is 127 Å². The number of phenolic OH excluding ortho intramolecular Hbond substituents is 1. The summed E-state index contributed by atoms with van der Waals surface area (Å²) in [6, 6.07) is 3.16. The van der Waals surface area contributed by atoms with Crippen molar-refractivity contribution < 1.29 is 28.3 Å². The minimum atomic E-state index is -4.35. The van der Waals surface area contributed by atoms with Crippen LogP contribution in [0.3, 0.4) is 0 Å². The Morgan fingerprint density at radius 2 is 2.00 bits per heavy atom. The normalized spacial score (nSPS) is 13.4. The van der Waals surface area contributed by atoms with Gasteiger partial charge in [-0.2, -0.15) is 8.42 Å². The SMILES string of the molecule is O=S(=O)(O)c1ccc(O)c(NCC(O)CO)c1. The van der Waals surface area contributed by atoms with Crippen LogP contribution in [-0.2, 0) is 10.1 Å². The van der Waals surface area contributed by atoms with Crippen LogP contribution in [-0.4, -0.2) is 47.5 Å². The molecule has 0 aliphatic rings. The number of anilines is 1. The van der Waals surface area contributed by atoms with Crippen molar-refractivity contribution in [3.63, 3.8) is 0 Å². The van der Waals surface area contributed by atoms with Gasteiger partial charge < -0.3 is 20.6 Å². The monoisotopic (exact) mass is 263 g/mol. The van der Waals surface area contributed by atoms with Crippen molar-refractivity contribution in [2.75, 3.05) is 18.5 Å². The number of benzene rings is 1. The van der Waals surface area contributed by atoms with Crippen molar-refractivity contribution in [3.05, 3.63) is 18.2 Å². The summed E-state index contributed by atoms with van der Waals surface area (Å²) >= 11 is 0. The molecule has 1 rings (SSSR count). The highest BCUT2D eigenvalue weighted by Crippen LogP contribution is 2.26. The second-order valence-corrected chi connectivity index (χ2v) is 4.79. The van der Waals surface area contributed by atoms with E-state index in [1.807, 2.05) is 0 Å². The molecule has 0 spiro atoms. The van der Waals surface area contributed by atoms with E-state index < -0.39 is 22.8 Å². The van der Waals surface area contributed by atoms with Crippen molar-refractivity contribution in [2.24, 2.45) is 0 Å². The third-order valence-corrected chi connectivity index (χ3v) is 2.85. The quantitative estimate of drug-likeness (QED) is 0.354. The Labute approximate surface area is 98.1 Å². The standard InChI is InChI=1S/C9H13NO6S/c11-5-6(12)4-10-8-3-7(17(14,15)16)1-2-9(8)13/h1-3,6,10-13H,4-5H2,(H,14,15,16). The first-order chi connectivity index (χ1) is 7.84. The van der Waals surface area contributed by atoms with Gasteiger partial charge in [0.2, 0.25) is 0 Å². The molecule has 0 aliphatic carbocycles. The predicted molar refractivity (Wildman–Crippen MR) is 59.5 cm³/mol. The van der Waals surface area contributed by atoms with E-state index in [9.17, 15) is 13.5 Å². The number of phenols is 1. The molecule has 1 unspecified atom stereocenters. The molecule has 0 fully saturated rings. The van der Waals surface area contributed by atoms with Gasteiger partial charge in [0, 0.05) is 6.54 Å². The second kappa shape index (κ2) is 5.32. The van der Waals surface area contributed by atoms with E-state index >= 15 is 0 Å². The third kappa shape index (κ3) is 3.86. The van der Waals surface area contributed by atoms with E-state index in [-0.39, 0.29) is 22.9 Å². The van der Waals surface area contributed by atoms with Crippen LogP contribution >= 0.6 is 0 Å².